The number of benzene rings is 3. The fraction of sp³-hybridized carbons (Fsp3) is 0.250. The molecule has 148 valence electrons. The number of fused-ring (bicyclic) bond motifs is 1. The Bertz CT molecular complexity index is 1030. The Kier molecular flexibility index (Phi) is 5.32. The predicted molar refractivity (Wildman–Crippen MR) is 112 cm³/mol. The fourth-order valence-electron chi connectivity index (χ4n) is 3.91. The lowest BCUT2D eigenvalue weighted by molar-refractivity contribution is -0.144. The molecule has 1 aliphatic heterocycles. The molecule has 1 N–H and O–H groups in total. The van der Waals surface area contributed by atoms with Crippen molar-refractivity contribution >= 4 is 22.6 Å². The van der Waals surface area contributed by atoms with Gasteiger partial charge in [-0.2, -0.15) is 0 Å². The zero-order chi connectivity index (χ0) is 20.4. The average molecular weight is 388 g/mol. The summed E-state index contributed by atoms with van der Waals surface area (Å²) < 4.78 is 0. The highest BCUT2D eigenvalue weighted by Crippen LogP contribution is 2.24. The molecule has 0 aliphatic carbocycles. The molecule has 2 amide bonds. The standard InChI is InChI=1S/C24H24N2O3/c1-17-16-25(23(28)19-8-3-2-4-9-19)13-14-26(17)24(29)22(27)21-12-11-18-7-5-6-10-20(18)15-21/h2-12,15,17,22,27H,13-14,16H2,1H3/t17?,22-/m1/s1. The Morgan fingerprint density at radius 1 is 0.931 bits per heavy atom. The molecule has 0 spiro atoms. The molecule has 1 saturated heterocycles. The monoisotopic (exact) mass is 388 g/mol. The van der Waals surface area contributed by atoms with Crippen LogP contribution in [0.3, 0.4) is 0 Å². The van der Waals surface area contributed by atoms with E-state index in [1.165, 1.54) is 0 Å². The van der Waals surface area contributed by atoms with Gasteiger partial charge >= 0.3 is 0 Å². The molecule has 2 atom stereocenters. The van der Waals surface area contributed by atoms with Crippen molar-refractivity contribution < 1.29 is 14.7 Å². The van der Waals surface area contributed by atoms with E-state index in [0.29, 0.717) is 30.8 Å². The second-order valence-corrected chi connectivity index (χ2v) is 7.51. The molecule has 0 bridgehead atoms. The first-order valence-corrected chi connectivity index (χ1v) is 9.86. The highest BCUT2D eigenvalue weighted by molar-refractivity contribution is 5.94. The Morgan fingerprint density at radius 2 is 1.62 bits per heavy atom. The van der Waals surface area contributed by atoms with Crippen LogP contribution < -0.4 is 0 Å². The van der Waals surface area contributed by atoms with Gasteiger partial charge in [0.25, 0.3) is 11.8 Å². The van der Waals surface area contributed by atoms with Crippen LogP contribution in [0.15, 0.2) is 72.8 Å². The van der Waals surface area contributed by atoms with Gasteiger partial charge in [-0.15, -0.1) is 0 Å². The van der Waals surface area contributed by atoms with E-state index in [0.717, 1.165) is 10.8 Å². The number of hydrogen-bond acceptors (Lipinski definition) is 3. The number of nitrogens with zero attached hydrogens (tertiary/aromatic N) is 2. The van der Waals surface area contributed by atoms with Gasteiger partial charge < -0.3 is 14.9 Å². The normalized spacial score (nSPS) is 17.9. The smallest absolute Gasteiger partial charge is 0.256 e. The number of aliphatic hydroxyl groups excluding tert-OH is 1. The van der Waals surface area contributed by atoms with Gasteiger partial charge in [0, 0.05) is 31.2 Å². The number of amides is 2. The summed E-state index contributed by atoms with van der Waals surface area (Å²) in [7, 11) is 0. The van der Waals surface area contributed by atoms with Gasteiger partial charge in [0.2, 0.25) is 0 Å². The third-order valence-electron chi connectivity index (χ3n) is 5.54. The number of aliphatic hydroxyl groups is 1. The van der Waals surface area contributed by atoms with Crippen LogP contribution in [0.4, 0.5) is 0 Å². The first-order chi connectivity index (χ1) is 14.0. The predicted octanol–water partition coefficient (Wildman–Crippen LogP) is 3.25. The largest absolute Gasteiger partial charge is 0.378 e. The van der Waals surface area contributed by atoms with E-state index in [2.05, 4.69) is 0 Å². The second-order valence-electron chi connectivity index (χ2n) is 7.51. The quantitative estimate of drug-likeness (QED) is 0.749. The number of hydrogen-bond donors (Lipinski definition) is 1. The molecule has 1 fully saturated rings. The molecule has 1 heterocycles. The van der Waals surface area contributed by atoms with E-state index in [9.17, 15) is 14.7 Å². The molecule has 0 saturated carbocycles. The van der Waals surface area contributed by atoms with Crippen molar-refractivity contribution in [1.29, 1.82) is 0 Å². The van der Waals surface area contributed by atoms with E-state index in [-0.39, 0.29) is 17.9 Å². The molecule has 1 aliphatic rings. The number of piperazine rings is 1. The number of rotatable bonds is 3. The van der Waals surface area contributed by atoms with Crippen molar-refractivity contribution in [3.05, 3.63) is 83.9 Å². The Morgan fingerprint density at radius 3 is 2.34 bits per heavy atom. The van der Waals surface area contributed by atoms with Crippen molar-refractivity contribution in [2.75, 3.05) is 19.6 Å². The van der Waals surface area contributed by atoms with Crippen LogP contribution in [0.5, 0.6) is 0 Å². The molecule has 3 aromatic rings. The lowest BCUT2D eigenvalue weighted by Crippen LogP contribution is -2.56. The molecule has 5 nitrogen and oxygen atoms in total. The maximum Gasteiger partial charge on any atom is 0.256 e. The van der Waals surface area contributed by atoms with E-state index < -0.39 is 6.10 Å². The average Bonchev–Trinajstić information content (AvgIpc) is 2.77. The third kappa shape index (κ3) is 3.87. The molecule has 0 radical (unpaired) electrons. The molecule has 0 aromatic heterocycles. The van der Waals surface area contributed by atoms with Crippen LogP contribution in [-0.4, -0.2) is 52.4 Å². The minimum absolute atomic E-state index is 0.0281. The van der Waals surface area contributed by atoms with Crippen LogP contribution in [0.25, 0.3) is 10.8 Å². The molecular formula is C24H24N2O3. The van der Waals surface area contributed by atoms with Crippen molar-refractivity contribution in [2.45, 2.75) is 19.1 Å². The summed E-state index contributed by atoms with van der Waals surface area (Å²) in [5, 5.41) is 12.8. The van der Waals surface area contributed by atoms with Crippen LogP contribution in [-0.2, 0) is 4.79 Å². The molecule has 3 aromatic carbocycles. The minimum Gasteiger partial charge on any atom is -0.378 e. The SMILES string of the molecule is CC1CN(C(=O)c2ccccc2)CCN1C(=O)[C@H](O)c1ccc2ccccc2c1. The van der Waals surface area contributed by atoms with E-state index >= 15 is 0 Å². The maximum atomic E-state index is 13.0. The summed E-state index contributed by atoms with van der Waals surface area (Å²) in [5.41, 5.74) is 1.24. The molecular weight excluding hydrogens is 364 g/mol. The third-order valence-corrected chi connectivity index (χ3v) is 5.54. The second kappa shape index (κ2) is 8.05. The summed E-state index contributed by atoms with van der Waals surface area (Å²) in [6, 6.07) is 22.4. The molecule has 1 unspecified atom stereocenters. The summed E-state index contributed by atoms with van der Waals surface area (Å²) in [6.45, 7) is 3.22. The van der Waals surface area contributed by atoms with Crippen molar-refractivity contribution in [3.8, 4) is 0 Å². The summed E-state index contributed by atoms with van der Waals surface area (Å²) in [6.07, 6.45) is -1.21. The van der Waals surface area contributed by atoms with E-state index in [1.54, 1.807) is 28.0 Å². The zero-order valence-electron chi connectivity index (χ0n) is 16.4. The fourth-order valence-corrected chi connectivity index (χ4v) is 3.91. The van der Waals surface area contributed by atoms with Crippen LogP contribution in [0, 0.1) is 0 Å². The van der Waals surface area contributed by atoms with Crippen LogP contribution >= 0.6 is 0 Å². The Labute approximate surface area is 170 Å². The van der Waals surface area contributed by atoms with Gasteiger partial charge in [0.05, 0.1) is 0 Å². The highest BCUT2D eigenvalue weighted by Gasteiger charge is 2.33. The summed E-state index contributed by atoms with van der Waals surface area (Å²) in [4.78, 5) is 29.1. The van der Waals surface area contributed by atoms with Crippen molar-refractivity contribution in [3.63, 3.8) is 0 Å². The maximum absolute atomic E-state index is 13.0. The summed E-state index contributed by atoms with van der Waals surface area (Å²) >= 11 is 0. The number of carbonyl (C=O) groups is 2. The molecule has 29 heavy (non-hydrogen) atoms. The summed E-state index contributed by atoms with van der Waals surface area (Å²) in [5.74, 6) is -0.348. The van der Waals surface area contributed by atoms with Crippen molar-refractivity contribution in [2.24, 2.45) is 0 Å². The first-order valence-electron chi connectivity index (χ1n) is 9.86. The highest BCUT2D eigenvalue weighted by atomic mass is 16.3. The lowest BCUT2D eigenvalue weighted by Gasteiger charge is -2.40. The van der Waals surface area contributed by atoms with E-state index in [1.807, 2.05) is 61.5 Å². The topological polar surface area (TPSA) is 60.9 Å². The van der Waals surface area contributed by atoms with Crippen molar-refractivity contribution in [1.82, 2.24) is 9.80 Å². The Hall–Kier alpha value is -3.18. The van der Waals surface area contributed by atoms with Gasteiger partial charge in [-0.3, -0.25) is 9.59 Å². The van der Waals surface area contributed by atoms with Gasteiger partial charge in [-0.05, 0) is 41.5 Å². The van der Waals surface area contributed by atoms with Gasteiger partial charge in [-0.1, -0.05) is 54.6 Å². The van der Waals surface area contributed by atoms with Gasteiger partial charge in [-0.25, -0.2) is 0 Å². The Balaban J connectivity index is 1.45. The van der Waals surface area contributed by atoms with Crippen LogP contribution in [0.1, 0.15) is 28.9 Å². The van der Waals surface area contributed by atoms with Gasteiger partial charge in [0.15, 0.2) is 6.10 Å². The minimum atomic E-state index is -1.21. The van der Waals surface area contributed by atoms with Crippen LogP contribution in [0.2, 0.25) is 0 Å². The van der Waals surface area contributed by atoms with Gasteiger partial charge in [0.1, 0.15) is 0 Å². The van der Waals surface area contributed by atoms with E-state index in [4.69, 9.17) is 0 Å². The lowest BCUT2D eigenvalue weighted by atomic mass is 10.0. The first kappa shape index (κ1) is 19.2. The molecule has 4 rings (SSSR count). The molecule has 5 heteroatoms. The zero-order valence-corrected chi connectivity index (χ0v) is 16.4. The number of carbonyl (C=O) groups excluding carboxylic acids is 2.